The minimum absolute atomic E-state index is 0.0213. The summed E-state index contributed by atoms with van der Waals surface area (Å²) in [6.07, 6.45) is 1.96. The number of rotatable bonds is 5. The predicted octanol–water partition coefficient (Wildman–Crippen LogP) is 0.435. The third-order valence-electron chi connectivity index (χ3n) is 5.42. The van der Waals surface area contributed by atoms with Crippen molar-refractivity contribution in [3.63, 3.8) is 0 Å². The Balaban J connectivity index is 1.70. The number of hydrogen-bond acceptors (Lipinski definition) is 5. The molecule has 1 aliphatic heterocycles. The zero-order valence-electron chi connectivity index (χ0n) is 17.7. The van der Waals surface area contributed by atoms with Crippen molar-refractivity contribution in [1.82, 2.24) is 14.5 Å². The number of para-hydroxylation sites is 1. The lowest BCUT2D eigenvalue weighted by Crippen LogP contribution is -2.38. The van der Waals surface area contributed by atoms with E-state index in [1.54, 1.807) is 24.3 Å². The molecule has 3 aromatic rings. The highest BCUT2D eigenvalue weighted by Gasteiger charge is 2.18. The Morgan fingerprint density at radius 2 is 1.72 bits per heavy atom. The smallest absolute Gasteiger partial charge is 0.333 e. The number of nitrogens with one attached hydrogen (secondary N) is 1. The number of aromatic hydroxyl groups is 1. The predicted molar refractivity (Wildman–Crippen MR) is 121 cm³/mol. The van der Waals surface area contributed by atoms with Gasteiger partial charge in [0, 0.05) is 31.4 Å². The van der Waals surface area contributed by atoms with Crippen molar-refractivity contribution < 1.29 is 9.90 Å². The van der Waals surface area contributed by atoms with E-state index < -0.39 is 17.1 Å². The first-order valence-corrected chi connectivity index (χ1v) is 10.1. The van der Waals surface area contributed by atoms with Gasteiger partial charge in [0.25, 0.3) is 11.5 Å². The lowest BCUT2D eigenvalue weighted by atomic mass is 10.1. The van der Waals surface area contributed by atoms with Gasteiger partial charge in [-0.1, -0.05) is 36.4 Å². The van der Waals surface area contributed by atoms with Crippen LogP contribution in [-0.4, -0.2) is 26.7 Å². The lowest BCUT2D eigenvalue weighted by Gasteiger charge is -2.10. The zero-order valence-corrected chi connectivity index (χ0v) is 17.7. The maximum absolute atomic E-state index is 12.6. The first kappa shape index (κ1) is 21.0. The van der Waals surface area contributed by atoms with Gasteiger partial charge in [-0.2, -0.15) is 0 Å². The fourth-order valence-corrected chi connectivity index (χ4v) is 3.66. The fraction of sp³-hybridized carbons (Fsp3) is 0.167. The van der Waals surface area contributed by atoms with E-state index in [2.05, 4.69) is 10.3 Å². The second-order valence-corrected chi connectivity index (χ2v) is 7.45. The molecule has 2 N–H and O–H groups in total. The van der Waals surface area contributed by atoms with Crippen LogP contribution >= 0.6 is 0 Å². The summed E-state index contributed by atoms with van der Waals surface area (Å²) in [5, 5.41) is 15.0. The van der Waals surface area contributed by atoms with E-state index in [0.29, 0.717) is 24.2 Å². The van der Waals surface area contributed by atoms with E-state index in [4.69, 9.17) is 0 Å². The molecular weight excluding hydrogens is 408 g/mol. The maximum atomic E-state index is 12.6. The van der Waals surface area contributed by atoms with Gasteiger partial charge >= 0.3 is 5.69 Å². The monoisotopic (exact) mass is 430 g/mol. The molecule has 162 valence electrons. The number of amides is 1. The van der Waals surface area contributed by atoms with Gasteiger partial charge in [0.2, 0.25) is 5.88 Å². The molecule has 0 unspecified atom stereocenters. The second kappa shape index (κ2) is 8.50. The van der Waals surface area contributed by atoms with E-state index in [1.165, 1.54) is 20.2 Å². The number of carbonyl (C=O) groups is 1. The lowest BCUT2D eigenvalue weighted by molar-refractivity contribution is 0.0954. The summed E-state index contributed by atoms with van der Waals surface area (Å²) in [5.41, 5.74) is 0.668. The van der Waals surface area contributed by atoms with Crippen molar-refractivity contribution in [2.75, 3.05) is 6.54 Å². The van der Waals surface area contributed by atoms with Crippen LogP contribution in [0.3, 0.4) is 0 Å². The quantitative estimate of drug-likeness (QED) is 0.613. The molecule has 0 spiro atoms. The largest absolute Gasteiger partial charge is 0.494 e. The molecule has 1 amide bonds. The van der Waals surface area contributed by atoms with Gasteiger partial charge in [0.15, 0.2) is 0 Å². The van der Waals surface area contributed by atoms with Crippen LogP contribution in [0.25, 0.3) is 11.6 Å². The minimum atomic E-state index is -0.617. The molecule has 8 nitrogen and oxygen atoms in total. The van der Waals surface area contributed by atoms with Crippen molar-refractivity contribution in [3.8, 4) is 5.88 Å². The molecule has 0 radical (unpaired) electrons. The molecule has 0 fully saturated rings. The molecule has 0 saturated carbocycles. The van der Waals surface area contributed by atoms with Gasteiger partial charge in [0.05, 0.1) is 11.1 Å². The summed E-state index contributed by atoms with van der Waals surface area (Å²) < 4.78 is 1.95. The van der Waals surface area contributed by atoms with Crippen LogP contribution in [0.15, 0.2) is 74.9 Å². The van der Waals surface area contributed by atoms with Crippen molar-refractivity contribution in [3.05, 3.63) is 103 Å². The third kappa shape index (κ3) is 3.78. The molecule has 2 heterocycles. The molecule has 32 heavy (non-hydrogen) atoms. The van der Waals surface area contributed by atoms with Crippen LogP contribution in [0.4, 0.5) is 0 Å². The van der Waals surface area contributed by atoms with E-state index in [-0.39, 0.29) is 11.5 Å². The summed E-state index contributed by atoms with van der Waals surface area (Å²) in [7, 11) is 2.75. The number of benzene rings is 2. The first-order chi connectivity index (χ1) is 15.4. The number of carbonyl (C=O) groups excluding carboxylic acids is 1. The molecule has 0 aliphatic carbocycles. The Hall–Kier alpha value is -4.20. The number of allylic oxidation sites excluding steroid dienone is 1. The molecule has 1 aliphatic rings. The van der Waals surface area contributed by atoms with Crippen LogP contribution in [0.2, 0.25) is 0 Å². The number of aromatic nitrogens is 2. The Bertz CT molecular complexity index is 1480. The molecule has 4 rings (SSSR count). The van der Waals surface area contributed by atoms with Gasteiger partial charge in [-0.05, 0) is 36.3 Å². The first-order valence-electron chi connectivity index (χ1n) is 10.1. The van der Waals surface area contributed by atoms with Gasteiger partial charge in [-0.25, -0.2) is 9.79 Å². The molecule has 2 aromatic carbocycles. The molecular formula is C24H22N4O4. The average molecular weight is 430 g/mol. The van der Waals surface area contributed by atoms with Gasteiger partial charge < -0.3 is 10.4 Å². The SMILES string of the molecule is Cn1c(O)c(/C=C2\N=c3ccccc3=C2CCNC(=O)c2ccccc2)c(=O)n(C)c1=O. The minimum Gasteiger partial charge on any atom is -0.494 e. The summed E-state index contributed by atoms with van der Waals surface area (Å²) in [4.78, 5) is 41.6. The Morgan fingerprint density at radius 3 is 2.47 bits per heavy atom. The van der Waals surface area contributed by atoms with Gasteiger partial charge in [0.1, 0.15) is 5.56 Å². The molecule has 1 aromatic heterocycles. The van der Waals surface area contributed by atoms with Crippen LogP contribution in [-0.2, 0) is 14.1 Å². The van der Waals surface area contributed by atoms with Gasteiger partial charge in [-0.3, -0.25) is 18.7 Å². The summed E-state index contributed by atoms with van der Waals surface area (Å²) in [6, 6.07) is 16.5. The fourth-order valence-electron chi connectivity index (χ4n) is 3.66. The highest BCUT2D eigenvalue weighted by molar-refractivity contribution is 5.94. The standard InChI is InChI=1S/C24H22N4O4/c1-27-22(30)18(23(31)28(2)24(27)32)14-20-17(16-10-6-7-11-19(16)26-20)12-13-25-21(29)15-8-4-3-5-9-15/h3-11,14,30H,12-13H2,1-2H3,(H,25,29)/b20-14-. The topological polar surface area (TPSA) is 106 Å². The van der Waals surface area contributed by atoms with Crippen molar-refractivity contribution in [1.29, 1.82) is 0 Å². The van der Waals surface area contributed by atoms with Gasteiger partial charge in [-0.15, -0.1) is 0 Å². The third-order valence-corrected chi connectivity index (χ3v) is 5.42. The Kier molecular flexibility index (Phi) is 5.59. The maximum Gasteiger partial charge on any atom is 0.333 e. The highest BCUT2D eigenvalue weighted by atomic mass is 16.3. The second-order valence-electron chi connectivity index (χ2n) is 7.45. The van der Waals surface area contributed by atoms with Crippen LogP contribution in [0.1, 0.15) is 22.3 Å². The van der Waals surface area contributed by atoms with Crippen LogP contribution < -0.4 is 27.1 Å². The van der Waals surface area contributed by atoms with E-state index in [9.17, 15) is 19.5 Å². The summed E-state index contributed by atoms with van der Waals surface area (Å²) >= 11 is 0. The van der Waals surface area contributed by atoms with Crippen molar-refractivity contribution in [2.24, 2.45) is 19.1 Å². The van der Waals surface area contributed by atoms with Crippen LogP contribution in [0.5, 0.6) is 5.88 Å². The molecule has 0 atom stereocenters. The summed E-state index contributed by atoms with van der Waals surface area (Å²) in [6.45, 7) is 0.363. The van der Waals surface area contributed by atoms with Crippen LogP contribution in [0, 0.1) is 0 Å². The average Bonchev–Trinajstić information content (AvgIpc) is 3.17. The Morgan fingerprint density at radius 1 is 1.03 bits per heavy atom. The van der Waals surface area contributed by atoms with E-state index in [1.807, 2.05) is 30.3 Å². The normalized spacial score (nSPS) is 13.7. The highest BCUT2D eigenvalue weighted by Crippen LogP contribution is 2.22. The zero-order chi connectivity index (χ0) is 22.8. The molecule has 8 heteroatoms. The number of hydrogen-bond donors (Lipinski definition) is 2. The summed E-state index contributed by atoms with van der Waals surface area (Å²) in [5.74, 6) is -0.599. The molecule has 0 saturated heterocycles. The number of nitrogens with zero attached hydrogens (tertiary/aromatic N) is 3. The number of fused-ring (bicyclic) bond motifs is 1. The van der Waals surface area contributed by atoms with E-state index >= 15 is 0 Å². The Labute approximate surface area is 183 Å². The molecule has 0 bridgehead atoms. The van der Waals surface area contributed by atoms with Crippen molar-refractivity contribution >= 4 is 17.6 Å². The van der Waals surface area contributed by atoms with E-state index in [0.717, 1.165) is 25.3 Å². The van der Waals surface area contributed by atoms with Crippen molar-refractivity contribution in [2.45, 2.75) is 6.42 Å².